The Morgan fingerprint density at radius 2 is 2.19 bits per heavy atom. The highest BCUT2D eigenvalue weighted by Crippen LogP contribution is 2.27. The number of rotatable bonds is 6. The summed E-state index contributed by atoms with van der Waals surface area (Å²) in [6, 6.07) is 7.91. The van der Waals surface area contributed by atoms with E-state index in [-0.39, 0.29) is 5.78 Å². The lowest BCUT2D eigenvalue weighted by molar-refractivity contribution is -0.116. The summed E-state index contributed by atoms with van der Waals surface area (Å²) in [6.45, 7) is 0. The second-order valence-corrected chi connectivity index (χ2v) is 5.19. The summed E-state index contributed by atoms with van der Waals surface area (Å²) in [7, 11) is 0. The summed E-state index contributed by atoms with van der Waals surface area (Å²) in [6.07, 6.45) is 7.20. The standard InChI is InChI=1S/C13H13BrOS/c1-2-3-4-7-11(15)10-16-13-9-6-5-8-12(13)14/h1,5-6,8-9H,3-4,7,10H2. The molecule has 0 fully saturated rings. The number of halogens is 1. The average molecular weight is 297 g/mol. The lowest BCUT2D eigenvalue weighted by Gasteiger charge is -2.02. The molecule has 0 spiro atoms. The summed E-state index contributed by atoms with van der Waals surface area (Å²) in [5.74, 6) is 3.32. The Morgan fingerprint density at radius 3 is 2.88 bits per heavy atom. The summed E-state index contributed by atoms with van der Waals surface area (Å²) in [5.41, 5.74) is 0. The lowest BCUT2D eigenvalue weighted by Crippen LogP contribution is -2.00. The van der Waals surface area contributed by atoms with Crippen molar-refractivity contribution in [1.29, 1.82) is 0 Å². The van der Waals surface area contributed by atoms with Crippen LogP contribution in [0.25, 0.3) is 0 Å². The molecule has 84 valence electrons. The SMILES string of the molecule is C#CCCCC(=O)CSc1ccccc1Br. The third-order valence-electron chi connectivity index (χ3n) is 2.00. The Balaban J connectivity index is 2.32. The molecule has 0 aliphatic rings. The Labute approximate surface area is 109 Å². The number of hydrogen-bond acceptors (Lipinski definition) is 2. The van der Waals surface area contributed by atoms with E-state index in [2.05, 4.69) is 21.9 Å². The van der Waals surface area contributed by atoms with E-state index < -0.39 is 0 Å². The molecule has 0 aliphatic carbocycles. The first kappa shape index (κ1) is 13.3. The number of unbranched alkanes of at least 4 members (excludes halogenated alkanes) is 1. The molecule has 0 saturated heterocycles. The van der Waals surface area contributed by atoms with Crippen LogP contribution in [-0.2, 0) is 4.79 Å². The highest BCUT2D eigenvalue weighted by atomic mass is 79.9. The Morgan fingerprint density at radius 1 is 1.44 bits per heavy atom. The van der Waals surface area contributed by atoms with Crippen LogP contribution in [0, 0.1) is 12.3 Å². The molecule has 0 bridgehead atoms. The van der Waals surface area contributed by atoms with E-state index in [1.807, 2.05) is 24.3 Å². The minimum absolute atomic E-state index is 0.260. The van der Waals surface area contributed by atoms with Crippen molar-refractivity contribution in [3.05, 3.63) is 28.7 Å². The number of hydrogen-bond donors (Lipinski definition) is 0. The van der Waals surface area contributed by atoms with E-state index in [0.29, 0.717) is 18.6 Å². The van der Waals surface area contributed by atoms with Gasteiger partial charge in [-0.2, -0.15) is 0 Å². The van der Waals surface area contributed by atoms with Crippen LogP contribution in [0.2, 0.25) is 0 Å². The summed E-state index contributed by atoms with van der Waals surface area (Å²) in [5, 5.41) is 0. The molecule has 3 heteroatoms. The first-order chi connectivity index (χ1) is 7.74. The fourth-order valence-electron chi connectivity index (χ4n) is 1.18. The van der Waals surface area contributed by atoms with E-state index in [9.17, 15) is 4.79 Å². The Hall–Kier alpha value is -0.720. The zero-order chi connectivity index (χ0) is 11.8. The van der Waals surface area contributed by atoms with Crippen LogP contribution < -0.4 is 0 Å². The quantitative estimate of drug-likeness (QED) is 0.450. The smallest absolute Gasteiger partial charge is 0.143 e. The monoisotopic (exact) mass is 296 g/mol. The van der Waals surface area contributed by atoms with Crippen LogP contribution in [0.15, 0.2) is 33.6 Å². The fraction of sp³-hybridized carbons (Fsp3) is 0.308. The van der Waals surface area contributed by atoms with Gasteiger partial charge in [0.2, 0.25) is 0 Å². The molecule has 0 unspecified atom stereocenters. The molecule has 0 heterocycles. The molecule has 0 aromatic heterocycles. The molecule has 0 radical (unpaired) electrons. The first-order valence-electron chi connectivity index (χ1n) is 5.06. The van der Waals surface area contributed by atoms with Gasteiger partial charge in [0.05, 0.1) is 5.75 Å². The minimum atomic E-state index is 0.260. The van der Waals surface area contributed by atoms with Crippen molar-refractivity contribution in [2.45, 2.75) is 24.2 Å². The van der Waals surface area contributed by atoms with Gasteiger partial charge in [0, 0.05) is 22.2 Å². The number of thioether (sulfide) groups is 1. The van der Waals surface area contributed by atoms with Crippen LogP contribution in [0.4, 0.5) is 0 Å². The average Bonchev–Trinajstić information content (AvgIpc) is 2.28. The van der Waals surface area contributed by atoms with E-state index in [1.165, 1.54) is 0 Å². The second-order valence-electron chi connectivity index (χ2n) is 3.32. The van der Waals surface area contributed by atoms with Gasteiger partial charge in [0.25, 0.3) is 0 Å². The van der Waals surface area contributed by atoms with E-state index in [1.54, 1.807) is 11.8 Å². The fourth-order valence-corrected chi connectivity index (χ4v) is 2.65. The summed E-state index contributed by atoms with van der Waals surface area (Å²) >= 11 is 5.02. The van der Waals surface area contributed by atoms with Gasteiger partial charge in [0.15, 0.2) is 0 Å². The van der Waals surface area contributed by atoms with Gasteiger partial charge in [-0.3, -0.25) is 4.79 Å². The number of terminal acetylenes is 1. The Bertz CT molecular complexity index is 395. The number of carbonyl (C=O) groups is 1. The van der Waals surface area contributed by atoms with E-state index >= 15 is 0 Å². The topological polar surface area (TPSA) is 17.1 Å². The van der Waals surface area contributed by atoms with Crippen molar-refractivity contribution >= 4 is 33.5 Å². The molecule has 1 nitrogen and oxygen atoms in total. The van der Waals surface area contributed by atoms with Gasteiger partial charge in [0.1, 0.15) is 5.78 Å². The maximum absolute atomic E-state index is 11.5. The number of ketones is 1. The molecule has 1 rings (SSSR count). The zero-order valence-corrected chi connectivity index (χ0v) is 11.3. The lowest BCUT2D eigenvalue weighted by atomic mass is 10.2. The third-order valence-corrected chi connectivity index (χ3v) is 4.09. The Kier molecular flexibility index (Phi) is 6.29. The molecule has 0 aliphatic heterocycles. The van der Waals surface area contributed by atoms with Gasteiger partial charge < -0.3 is 0 Å². The van der Waals surface area contributed by atoms with Crippen molar-refractivity contribution < 1.29 is 4.79 Å². The molecule has 0 saturated carbocycles. The maximum Gasteiger partial charge on any atom is 0.143 e. The van der Waals surface area contributed by atoms with Gasteiger partial charge in [-0.25, -0.2) is 0 Å². The number of Topliss-reactive ketones (excluding diaryl/α,β-unsaturated/α-hetero) is 1. The van der Waals surface area contributed by atoms with E-state index in [4.69, 9.17) is 6.42 Å². The second kappa shape index (κ2) is 7.54. The van der Waals surface area contributed by atoms with Crippen molar-refractivity contribution in [2.24, 2.45) is 0 Å². The van der Waals surface area contributed by atoms with Crippen LogP contribution in [0.1, 0.15) is 19.3 Å². The molecular formula is C13H13BrOS. The van der Waals surface area contributed by atoms with Crippen molar-refractivity contribution in [3.8, 4) is 12.3 Å². The summed E-state index contributed by atoms with van der Waals surface area (Å²) in [4.78, 5) is 12.6. The minimum Gasteiger partial charge on any atom is -0.299 e. The van der Waals surface area contributed by atoms with Gasteiger partial charge in [-0.1, -0.05) is 12.1 Å². The van der Waals surface area contributed by atoms with Gasteiger partial charge in [-0.15, -0.1) is 24.1 Å². The van der Waals surface area contributed by atoms with Crippen LogP contribution in [-0.4, -0.2) is 11.5 Å². The van der Waals surface area contributed by atoms with Crippen LogP contribution in [0.3, 0.4) is 0 Å². The van der Waals surface area contributed by atoms with Crippen molar-refractivity contribution in [2.75, 3.05) is 5.75 Å². The van der Waals surface area contributed by atoms with Gasteiger partial charge >= 0.3 is 0 Å². The van der Waals surface area contributed by atoms with Crippen LogP contribution in [0.5, 0.6) is 0 Å². The largest absolute Gasteiger partial charge is 0.299 e. The normalized spacial score (nSPS) is 9.75. The highest BCUT2D eigenvalue weighted by molar-refractivity contribution is 9.10. The van der Waals surface area contributed by atoms with Crippen molar-refractivity contribution in [3.63, 3.8) is 0 Å². The molecule has 1 aromatic rings. The molecule has 1 aromatic carbocycles. The molecule has 0 N–H and O–H groups in total. The summed E-state index contributed by atoms with van der Waals surface area (Å²) < 4.78 is 1.04. The van der Waals surface area contributed by atoms with Crippen molar-refractivity contribution in [1.82, 2.24) is 0 Å². The number of carbonyl (C=O) groups excluding carboxylic acids is 1. The van der Waals surface area contributed by atoms with E-state index in [0.717, 1.165) is 15.8 Å². The van der Waals surface area contributed by atoms with Crippen LogP contribution >= 0.6 is 27.7 Å². The predicted octanol–water partition coefficient (Wildman–Crippen LogP) is 3.91. The maximum atomic E-state index is 11.5. The third kappa shape index (κ3) is 4.87. The van der Waals surface area contributed by atoms with Gasteiger partial charge in [-0.05, 0) is 34.5 Å². The molecule has 0 amide bonds. The highest BCUT2D eigenvalue weighted by Gasteiger charge is 2.04. The molecular weight excluding hydrogens is 284 g/mol. The predicted molar refractivity (Wildman–Crippen MR) is 72.6 cm³/mol. The molecule has 0 atom stereocenters. The zero-order valence-electron chi connectivity index (χ0n) is 8.91. The first-order valence-corrected chi connectivity index (χ1v) is 6.84. The number of benzene rings is 1. The molecule has 16 heavy (non-hydrogen) atoms.